The molecule has 4 atom stereocenters. The number of benzene rings is 1. The molecule has 1 saturated carbocycles. The summed E-state index contributed by atoms with van der Waals surface area (Å²) in [6.45, 7) is 0.522. The van der Waals surface area contributed by atoms with Crippen molar-refractivity contribution >= 4 is 11.8 Å². The minimum atomic E-state index is -0.628. The van der Waals surface area contributed by atoms with Crippen molar-refractivity contribution in [1.29, 1.82) is 0 Å². The van der Waals surface area contributed by atoms with Crippen LogP contribution < -0.4 is 10.1 Å². The lowest BCUT2D eigenvalue weighted by atomic mass is 9.76. The van der Waals surface area contributed by atoms with E-state index in [2.05, 4.69) is 11.4 Å². The molecule has 28 heavy (non-hydrogen) atoms. The number of fused-ring (bicyclic) bond motifs is 1. The minimum Gasteiger partial charge on any atom is -0.497 e. The van der Waals surface area contributed by atoms with Gasteiger partial charge >= 0.3 is 0 Å². The molecule has 6 heteroatoms. The van der Waals surface area contributed by atoms with Crippen molar-refractivity contribution in [3.63, 3.8) is 0 Å². The Bertz CT molecular complexity index is 860. The molecule has 4 aliphatic rings. The van der Waals surface area contributed by atoms with Crippen molar-refractivity contribution < 1.29 is 19.1 Å². The lowest BCUT2D eigenvalue weighted by Gasteiger charge is -2.34. The molecule has 1 spiro atoms. The Labute approximate surface area is 164 Å². The number of ether oxygens (including phenoxy) is 2. The first-order valence-corrected chi connectivity index (χ1v) is 10.1. The number of hydrogen-bond donors (Lipinski definition) is 1. The van der Waals surface area contributed by atoms with Crippen molar-refractivity contribution in [2.75, 3.05) is 20.7 Å². The summed E-state index contributed by atoms with van der Waals surface area (Å²) in [5, 5.41) is 3.35. The molecule has 5 rings (SSSR count). The molecule has 6 nitrogen and oxygen atoms in total. The van der Waals surface area contributed by atoms with E-state index in [1.54, 1.807) is 19.1 Å². The zero-order valence-corrected chi connectivity index (χ0v) is 16.3. The van der Waals surface area contributed by atoms with Gasteiger partial charge in [-0.1, -0.05) is 37.1 Å². The Balaban J connectivity index is 1.45. The quantitative estimate of drug-likeness (QED) is 0.809. The van der Waals surface area contributed by atoms with Gasteiger partial charge < -0.3 is 19.7 Å². The van der Waals surface area contributed by atoms with E-state index in [9.17, 15) is 9.59 Å². The molecular formula is C22H26N2O4. The fourth-order valence-corrected chi connectivity index (χ4v) is 5.70. The fraction of sp³-hybridized carbons (Fsp3) is 0.545. The number of carbonyl (C=O) groups excluding carboxylic acids is 2. The fourth-order valence-electron chi connectivity index (χ4n) is 5.70. The summed E-state index contributed by atoms with van der Waals surface area (Å²) in [6.07, 6.45) is 7.55. The molecule has 2 bridgehead atoms. The molecule has 1 aromatic rings. The van der Waals surface area contributed by atoms with Crippen LogP contribution >= 0.6 is 0 Å². The molecule has 0 radical (unpaired) electrons. The van der Waals surface area contributed by atoms with E-state index in [0.29, 0.717) is 6.54 Å². The Kier molecular flexibility index (Phi) is 3.85. The molecular weight excluding hydrogens is 356 g/mol. The Morgan fingerprint density at radius 3 is 2.86 bits per heavy atom. The summed E-state index contributed by atoms with van der Waals surface area (Å²) in [6, 6.07) is 7.95. The van der Waals surface area contributed by atoms with Gasteiger partial charge in [-0.2, -0.15) is 0 Å². The first-order chi connectivity index (χ1) is 13.5. The highest BCUT2D eigenvalue weighted by molar-refractivity contribution is 5.93. The molecule has 0 unspecified atom stereocenters. The summed E-state index contributed by atoms with van der Waals surface area (Å²) < 4.78 is 11.5. The summed E-state index contributed by atoms with van der Waals surface area (Å²) >= 11 is 0. The molecule has 2 saturated heterocycles. The standard InChI is InChI=1S/C22H26N2O4/c1-24-13-22-11-8-16(28-22)17(18(22)20(24)26)19(25)23-21(9-3-4-10-21)14-6-5-7-15(12-14)27-2/h5-8,11-12,16-18H,3-4,9-10,13H2,1-2H3,(H,23,25)/t16-,17+,18-,22-/m1/s1. The van der Waals surface area contributed by atoms with Crippen LogP contribution in [-0.2, 0) is 19.9 Å². The summed E-state index contributed by atoms with van der Waals surface area (Å²) in [5.41, 5.74) is 0.0387. The molecule has 1 N–H and O–H groups in total. The van der Waals surface area contributed by atoms with E-state index in [1.807, 2.05) is 30.4 Å². The van der Waals surface area contributed by atoms with Gasteiger partial charge in [-0.15, -0.1) is 0 Å². The lowest BCUT2D eigenvalue weighted by molar-refractivity contribution is -0.137. The normalized spacial score (nSPS) is 34.7. The van der Waals surface area contributed by atoms with Crippen LogP contribution in [0.25, 0.3) is 0 Å². The van der Waals surface area contributed by atoms with Gasteiger partial charge in [0.2, 0.25) is 11.8 Å². The molecule has 3 fully saturated rings. The topological polar surface area (TPSA) is 67.9 Å². The Morgan fingerprint density at radius 2 is 2.11 bits per heavy atom. The van der Waals surface area contributed by atoms with Gasteiger partial charge in [0.15, 0.2) is 0 Å². The maximum absolute atomic E-state index is 13.5. The number of rotatable bonds is 4. The van der Waals surface area contributed by atoms with Crippen LogP contribution in [0.15, 0.2) is 36.4 Å². The summed E-state index contributed by atoms with van der Waals surface area (Å²) in [7, 11) is 3.43. The van der Waals surface area contributed by atoms with E-state index < -0.39 is 23.0 Å². The number of hydrogen-bond acceptors (Lipinski definition) is 4. The third-order valence-corrected chi connectivity index (χ3v) is 7.03. The Morgan fingerprint density at radius 1 is 1.32 bits per heavy atom. The van der Waals surface area contributed by atoms with Crippen molar-refractivity contribution in [1.82, 2.24) is 10.2 Å². The highest BCUT2D eigenvalue weighted by Crippen LogP contribution is 2.52. The molecule has 1 aromatic carbocycles. The number of likely N-dealkylation sites (N-methyl/N-ethyl adjacent to an activating group) is 1. The zero-order chi connectivity index (χ0) is 19.5. The van der Waals surface area contributed by atoms with Gasteiger partial charge in [0.1, 0.15) is 11.4 Å². The van der Waals surface area contributed by atoms with Gasteiger partial charge in [-0.05, 0) is 30.5 Å². The second kappa shape index (κ2) is 6.08. The minimum absolute atomic E-state index is 0.00820. The zero-order valence-electron chi connectivity index (χ0n) is 16.3. The first-order valence-electron chi connectivity index (χ1n) is 10.1. The molecule has 3 aliphatic heterocycles. The highest BCUT2D eigenvalue weighted by atomic mass is 16.5. The number of likely N-dealkylation sites (tertiary alicyclic amines) is 1. The van der Waals surface area contributed by atoms with Crippen molar-refractivity contribution in [3.05, 3.63) is 42.0 Å². The maximum Gasteiger partial charge on any atom is 0.229 e. The number of nitrogens with zero attached hydrogens (tertiary/aromatic N) is 1. The van der Waals surface area contributed by atoms with Crippen molar-refractivity contribution in [3.8, 4) is 5.75 Å². The number of carbonyl (C=O) groups is 2. The predicted molar refractivity (Wildman–Crippen MR) is 103 cm³/mol. The summed E-state index contributed by atoms with van der Waals surface area (Å²) in [4.78, 5) is 27.9. The SMILES string of the molecule is COc1cccc(C2(NC(=O)[C@H]3[C@H]4C=C[C@]5(CN(C)C(=O)[C@@H]35)O4)CCCC2)c1. The van der Waals surface area contributed by atoms with E-state index >= 15 is 0 Å². The third-order valence-electron chi connectivity index (χ3n) is 7.03. The van der Waals surface area contributed by atoms with E-state index in [1.165, 1.54) is 0 Å². The van der Waals surface area contributed by atoms with Crippen LogP contribution in [0.2, 0.25) is 0 Å². The van der Waals surface area contributed by atoms with Crippen LogP contribution in [0.3, 0.4) is 0 Å². The molecule has 0 aromatic heterocycles. The third kappa shape index (κ3) is 2.37. The lowest BCUT2D eigenvalue weighted by Crippen LogP contribution is -2.51. The largest absolute Gasteiger partial charge is 0.497 e. The number of methoxy groups -OCH3 is 1. The molecule has 2 amide bonds. The van der Waals surface area contributed by atoms with Gasteiger partial charge in [-0.3, -0.25) is 9.59 Å². The molecule has 148 valence electrons. The van der Waals surface area contributed by atoms with Crippen molar-refractivity contribution in [2.45, 2.75) is 42.9 Å². The van der Waals surface area contributed by atoms with Crippen LogP contribution in [0.4, 0.5) is 0 Å². The predicted octanol–water partition coefficient (Wildman–Crippen LogP) is 1.99. The van der Waals surface area contributed by atoms with Gasteiger partial charge in [-0.25, -0.2) is 0 Å². The van der Waals surface area contributed by atoms with Crippen molar-refractivity contribution in [2.24, 2.45) is 11.8 Å². The monoisotopic (exact) mass is 382 g/mol. The second-order valence-corrected chi connectivity index (χ2v) is 8.60. The number of amides is 2. The average Bonchev–Trinajstić information content (AvgIpc) is 3.44. The smallest absolute Gasteiger partial charge is 0.229 e. The van der Waals surface area contributed by atoms with E-state index in [0.717, 1.165) is 37.0 Å². The van der Waals surface area contributed by atoms with Gasteiger partial charge in [0, 0.05) is 7.05 Å². The molecule has 1 aliphatic carbocycles. The average molecular weight is 382 g/mol. The second-order valence-electron chi connectivity index (χ2n) is 8.60. The maximum atomic E-state index is 13.5. The summed E-state index contributed by atoms with van der Waals surface area (Å²) in [5.74, 6) is -0.166. The first kappa shape index (κ1) is 17.7. The number of nitrogens with one attached hydrogen (secondary N) is 1. The van der Waals surface area contributed by atoms with Crippen LogP contribution in [0.5, 0.6) is 5.75 Å². The molecule has 3 heterocycles. The van der Waals surface area contributed by atoms with E-state index in [4.69, 9.17) is 9.47 Å². The van der Waals surface area contributed by atoms with Crippen LogP contribution in [0, 0.1) is 11.8 Å². The van der Waals surface area contributed by atoms with Crippen LogP contribution in [-0.4, -0.2) is 49.1 Å². The van der Waals surface area contributed by atoms with Crippen LogP contribution in [0.1, 0.15) is 31.2 Å². The van der Waals surface area contributed by atoms with E-state index in [-0.39, 0.29) is 17.9 Å². The highest BCUT2D eigenvalue weighted by Gasteiger charge is 2.66. The van der Waals surface area contributed by atoms with Gasteiger partial charge in [0.05, 0.1) is 37.1 Å². The Hall–Kier alpha value is -2.34. The van der Waals surface area contributed by atoms with Gasteiger partial charge in [0.25, 0.3) is 0 Å².